The Labute approximate surface area is 197 Å². The number of benzene rings is 2. The molecule has 0 atom stereocenters. The molecule has 2 aromatic heterocycles. The number of nitrogens with one attached hydrogen (secondary N) is 2. The van der Waals surface area contributed by atoms with Crippen LogP contribution in [0.1, 0.15) is 44.9 Å². The van der Waals surface area contributed by atoms with Crippen molar-refractivity contribution in [1.29, 1.82) is 0 Å². The van der Waals surface area contributed by atoms with Gasteiger partial charge in [0.1, 0.15) is 23.8 Å². The van der Waals surface area contributed by atoms with Crippen molar-refractivity contribution in [2.75, 3.05) is 10.6 Å². The number of aryl methyl sites for hydroxylation is 3. The number of ether oxygens (including phenoxy) is 1. The molecule has 0 unspecified atom stereocenters. The molecule has 0 radical (unpaired) electrons. The molecule has 4 rings (SSSR count). The summed E-state index contributed by atoms with van der Waals surface area (Å²) in [5.41, 5.74) is 3.67. The van der Waals surface area contributed by atoms with Gasteiger partial charge in [0.2, 0.25) is 0 Å². The van der Waals surface area contributed by atoms with Crippen molar-refractivity contribution < 1.29 is 18.7 Å². The molecule has 0 saturated carbocycles. The summed E-state index contributed by atoms with van der Waals surface area (Å²) < 4.78 is 13.1. The molecule has 0 spiro atoms. The lowest BCUT2D eigenvalue weighted by molar-refractivity contribution is 0.0990. The highest BCUT2D eigenvalue weighted by molar-refractivity contribution is 6.05. The second-order valence-electron chi connectivity index (χ2n) is 7.84. The number of carbonyl (C=O) groups is 2. The largest absolute Gasteiger partial charge is 0.485 e. The van der Waals surface area contributed by atoms with E-state index in [2.05, 4.69) is 15.7 Å². The van der Waals surface area contributed by atoms with Crippen LogP contribution in [0.4, 0.5) is 11.4 Å². The van der Waals surface area contributed by atoms with E-state index in [4.69, 9.17) is 9.15 Å². The number of furan rings is 1. The van der Waals surface area contributed by atoms with Gasteiger partial charge in [-0.05, 0) is 74.4 Å². The molecule has 2 N–H and O–H groups in total. The fourth-order valence-electron chi connectivity index (χ4n) is 3.43. The zero-order chi connectivity index (χ0) is 24.1. The summed E-state index contributed by atoms with van der Waals surface area (Å²) in [6.45, 7) is 6.70. The van der Waals surface area contributed by atoms with Crippen LogP contribution in [0.5, 0.6) is 5.75 Å². The first kappa shape index (κ1) is 22.8. The highest BCUT2D eigenvalue weighted by atomic mass is 16.5. The number of anilines is 2. The van der Waals surface area contributed by atoms with E-state index in [0.29, 0.717) is 29.4 Å². The molecule has 4 aromatic rings. The number of nitrogens with zero attached hydrogens (tertiary/aromatic N) is 2. The van der Waals surface area contributed by atoms with E-state index in [1.54, 1.807) is 53.3 Å². The molecule has 0 aliphatic rings. The lowest BCUT2D eigenvalue weighted by atomic mass is 10.1. The predicted octanol–water partition coefficient (Wildman–Crippen LogP) is 5.20. The lowest BCUT2D eigenvalue weighted by Gasteiger charge is -2.09. The molecule has 0 bridgehead atoms. The monoisotopic (exact) mass is 458 g/mol. The molecule has 2 heterocycles. The van der Waals surface area contributed by atoms with Crippen molar-refractivity contribution in [2.24, 2.45) is 0 Å². The molecular weight excluding hydrogens is 432 g/mol. The van der Waals surface area contributed by atoms with Crippen LogP contribution in [-0.4, -0.2) is 21.6 Å². The van der Waals surface area contributed by atoms with Gasteiger partial charge in [-0.1, -0.05) is 18.2 Å². The maximum atomic E-state index is 12.7. The van der Waals surface area contributed by atoms with Crippen molar-refractivity contribution in [3.05, 3.63) is 95.2 Å². The molecule has 0 aliphatic heterocycles. The molecule has 0 fully saturated rings. The minimum absolute atomic E-state index is 0.167. The predicted molar refractivity (Wildman–Crippen MR) is 129 cm³/mol. The molecular formula is C26H26N4O4. The van der Waals surface area contributed by atoms with Gasteiger partial charge in [-0.25, -0.2) is 0 Å². The van der Waals surface area contributed by atoms with Crippen molar-refractivity contribution >= 4 is 23.2 Å². The van der Waals surface area contributed by atoms with Gasteiger partial charge in [-0.3, -0.25) is 14.3 Å². The van der Waals surface area contributed by atoms with Gasteiger partial charge < -0.3 is 19.8 Å². The smallest absolute Gasteiger partial charge is 0.291 e. The molecule has 0 aliphatic carbocycles. The summed E-state index contributed by atoms with van der Waals surface area (Å²) in [6, 6.07) is 17.9. The summed E-state index contributed by atoms with van der Waals surface area (Å²) >= 11 is 0. The Bertz CT molecular complexity index is 1320. The zero-order valence-electron chi connectivity index (χ0n) is 19.3. The van der Waals surface area contributed by atoms with Crippen molar-refractivity contribution in [3.8, 4) is 5.75 Å². The van der Waals surface area contributed by atoms with E-state index >= 15 is 0 Å². The second-order valence-corrected chi connectivity index (χ2v) is 7.84. The highest BCUT2D eigenvalue weighted by Crippen LogP contribution is 2.22. The minimum atomic E-state index is -0.398. The van der Waals surface area contributed by atoms with Crippen LogP contribution in [-0.2, 0) is 13.2 Å². The highest BCUT2D eigenvalue weighted by Gasteiger charge is 2.14. The average Bonchev–Trinajstić information content (AvgIpc) is 3.49. The first-order chi connectivity index (χ1) is 16.4. The van der Waals surface area contributed by atoms with E-state index in [1.165, 1.54) is 0 Å². The SMILES string of the molecule is CCn1nccc1C(=O)Nc1cccc(NC(=O)c2ccc(COc3cc(C)ccc3C)o2)c1. The fraction of sp³-hybridized carbons (Fsp3) is 0.192. The zero-order valence-corrected chi connectivity index (χ0v) is 19.3. The van der Waals surface area contributed by atoms with Gasteiger partial charge in [0, 0.05) is 24.1 Å². The topological polar surface area (TPSA) is 98.4 Å². The van der Waals surface area contributed by atoms with E-state index in [-0.39, 0.29) is 18.3 Å². The van der Waals surface area contributed by atoms with Crippen molar-refractivity contribution in [3.63, 3.8) is 0 Å². The average molecular weight is 459 g/mol. The number of rotatable bonds is 8. The number of hydrogen-bond donors (Lipinski definition) is 2. The standard InChI is InChI=1S/C26H26N4O4/c1-4-30-22(12-13-27-30)25(31)28-19-6-5-7-20(15-19)29-26(32)23-11-10-21(34-23)16-33-24-14-17(2)8-9-18(24)3/h5-15H,4,16H2,1-3H3,(H,28,31)(H,29,32). The molecule has 34 heavy (non-hydrogen) atoms. The third-order valence-electron chi connectivity index (χ3n) is 5.23. The van der Waals surface area contributed by atoms with E-state index in [0.717, 1.165) is 16.9 Å². The second kappa shape index (κ2) is 10.1. The summed E-state index contributed by atoms with van der Waals surface area (Å²) in [7, 11) is 0. The van der Waals surface area contributed by atoms with E-state index in [1.807, 2.05) is 39.0 Å². The molecule has 8 heteroatoms. The van der Waals surface area contributed by atoms with Gasteiger partial charge >= 0.3 is 0 Å². The third kappa shape index (κ3) is 5.35. The summed E-state index contributed by atoms with van der Waals surface area (Å²) in [5.74, 6) is 0.816. The Balaban J connectivity index is 1.37. The summed E-state index contributed by atoms with van der Waals surface area (Å²) in [6.07, 6.45) is 1.58. The Morgan fingerprint density at radius 2 is 1.74 bits per heavy atom. The van der Waals surface area contributed by atoms with Crippen LogP contribution in [0.25, 0.3) is 0 Å². The normalized spacial score (nSPS) is 10.7. The third-order valence-corrected chi connectivity index (χ3v) is 5.23. The maximum absolute atomic E-state index is 12.7. The number of hydrogen-bond acceptors (Lipinski definition) is 5. The Kier molecular flexibility index (Phi) is 6.77. The van der Waals surface area contributed by atoms with Gasteiger partial charge in [-0.2, -0.15) is 5.10 Å². The van der Waals surface area contributed by atoms with Gasteiger partial charge in [0.05, 0.1) is 0 Å². The fourth-order valence-corrected chi connectivity index (χ4v) is 3.43. The quantitative estimate of drug-likeness (QED) is 0.378. The van der Waals surface area contributed by atoms with Crippen LogP contribution in [0.2, 0.25) is 0 Å². The van der Waals surface area contributed by atoms with Crippen LogP contribution in [0.3, 0.4) is 0 Å². The van der Waals surface area contributed by atoms with Crippen molar-refractivity contribution in [2.45, 2.75) is 33.9 Å². The summed E-state index contributed by atoms with van der Waals surface area (Å²) in [5, 5.41) is 9.72. The van der Waals surface area contributed by atoms with Crippen molar-refractivity contribution in [1.82, 2.24) is 9.78 Å². The van der Waals surface area contributed by atoms with E-state index < -0.39 is 5.91 Å². The van der Waals surface area contributed by atoms with Crippen LogP contribution in [0, 0.1) is 13.8 Å². The van der Waals surface area contributed by atoms with E-state index in [9.17, 15) is 9.59 Å². The van der Waals surface area contributed by atoms with Gasteiger partial charge in [-0.15, -0.1) is 0 Å². The van der Waals surface area contributed by atoms with Crippen LogP contribution < -0.4 is 15.4 Å². The molecule has 8 nitrogen and oxygen atoms in total. The van der Waals surface area contributed by atoms with Crippen LogP contribution in [0.15, 0.2) is 71.3 Å². The number of carbonyl (C=O) groups excluding carboxylic acids is 2. The minimum Gasteiger partial charge on any atom is -0.485 e. The first-order valence-electron chi connectivity index (χ1n) is 11.0. The van der Waals surface area contributed by atoms with Gasteiger partial charge in [0.15, 0.2) is 5.76 Å². The Morgan fingerprint density at radius 3 is 2.50 bits per heavy atom. The Hall–Kier alpha value is -4.33. The maximum Gasteiger partial charge on any atom is 0.291 e. The lowest BCUT2D eigenvalue weighted by Crippen LogP contribution is -2.17. The summed E-state index contributed by atoms with van der Waals surface area (Å²) in [4.78, 5) is 25.2. The van der Waals surface area contributed by atoms with Crippen LogP contribution >= 0.6 is 0 Å². The van der Waals surface area contributed by atoms with Gasteiger partial charge in [0.25, 0.3) is 11.8 Å². The Morgan fingerprint density at radius 1 is 0.971 bits per heavy atom. The number of amides is 2. The molecule has 0 saturated heterocycles. The number of aromatic nitrogens is 2. The molecule has 174 valence electrons. The molecule has 2 amide bonds. The molecule has 2 aromatic carbocycles. The first-order valence-corrected chi connectivity index (χ1v) is 11.0.